The Morgan fingerprint density at radius 2 is 1.90 bits per heavy atom. The van der Waals surface area contributed by atoms with E-state index in [0.717, 1.165) is 25.9 Å². The summed E-state index contributed by atoms with van der Waals surface area (Å²) in [7, 11) is 0. The van der Waals surface area contributed by atoms with Crippen molar-refractivity contribution in [2.75, 3.05) is 18.4 Å². The van der Waals surface area contributed by atoms with Gasteiger partial charge in [-0.05, 0) is 25.9 Å². The Bertz CT molecular complexity index is 93.7. The SMILES string of the molecule is Br.OC1(CBr)CCNCC1. The molecule has 1 aliphatic heterocycles. The van der Waals surface area contributed by atoms with Gasteiger partial charge in [-0.15, -0.1) is 17.0 Å². The molecule has 0 radical (unpaired) electrons. The molecule has 62 valence electrons. The van der Waals surface area contributed by atoms with Crippen molar-refractivity contribution in [2.45, 2.75) is 18.4 Å². The monoisotopic (exact) mass is 273 g/mol. The third-order valence-corrected chi connectivity index (χ3v) is 2.83. The van der Waals surface area contributed by atoms with Gasteiger partial charge in [0.15, 0.2) is 0 Å². The Kier molecular flexibility index (Phi) is 5.11. The fraction of sp³-hybridized carbons (Fsp3) is 1.00. The minimum absolute atomic E-state index is 0. The molecule has 0 unspecified atom stereocenters. The highest BCUT2D eigenvalue weighted by atomic mass is 79.9. The number of rotatable bonds is 1. The van der Waals surface area contributed by atoms with Gasteiger partial charge in [0.2, 0.25) is 0 Å². The number of aliphatic hydroxyl groups is 1. The van der Waals surface area contributed by atoms with Gasteiger partial charge in [0, 0.05) is 5.33 Å². The van der Waals surface area contributed by atoms with E-state index < -0.39 is 5.60 Å². The largest absolute Gasteiger partial charge is 0.389 e. The molecule has 2 N–H and O–H groups in total. The fourth-order valence-electron chi connectivity index (χ4n) is 1.03. The highest BCUT2D eigenvalue weighted by molar-refractivity contribution is 9.09. The van der Waals surface area contributed by atoms with Crippen molar-refractivity contribution >= 4 is 32.9 Å². The van der Waals surface area contributed by atoms with Gasteiger partial charge in [0.1, 0.15) is 0 Å². The van der Waals surface area contributed by atoms with E-state index in [1.54, 1.807) is 0 Å². The third kappa shape index (κ3) is 2.86. The number of halogens is 2. The van der Waals surface area contributed by atoms with Crippen LogP contribution in [0.3, 0.4) is 0 Å². The van der Waals surface area contributed by atoms with Gasteiger partial charge in [-0.2, -0.15) is 0 Å². The van der Waals surface area contributed by atoms with Crippen LogP contribution in [0.15, 0.2) is 0 Å². The van der Waals surface area contributed by atoms with Crippen molar-refractivity contribution in [3.05, 3.63) is 0 Å². The van der Waals surface area contributed by atoms with Crippen LogP contribution >= 0.6 is 32.9 Å². The second kappa shape index (κ2) is 4.70. The molecule has 0 aliphatic carbocycles. The molecule has 10 heavy (non-hydrogen) atoms. The lowest BCUT2D eigenvalue weighted by Crippen LogP contribution is -2.42. The molecule has 0 spiro atoms. The number of nitrogens with one attached hydrogen (secondary N) is 1. The number of hydrogen-bond donors (Lipinski definition) is 2. The second-order valence-corrected chi connectivity index (χ2v) is 3.17. The molecule has 0 amide bonds. The Labute approximate surface area is 80.3 Å². The summed E-state index contributed by atoms with van der Waals surface area (Å²) in [6.45, 7) is 1.89. The molecule has 1 fully saturated rings. The number of alkyl halides is 1. The highest BCUT2D eigenvalue weighted by Crippen LogP contribution is 2.19. The second-order valence-electron chi connectivity index (χ2n) is 2.61. The van der Waals surface area contributed by atoms with Crippen LogP contribution in [0, 0.1) is 0 Å². The molecule has 0 bridgehead atoms. The first-order valence-corrected chi connectivity index (χ1v) is 4.38. The zero-order valence-electron chi connectivity index (χ0n) is 5.77. The molecule has 0 aromatic heterocycles. The molecule has 1 heterocycles. The summed E-state index contributed by atoms with van der Waals surface area (Å²) in [6.07, 6.45) is 1.75. The Hall–Kier alpha value is 0.880. The average Bonchev–Trinajstić information content (AvgIpc) is 1.90. The molecule has 2 nitrogen and oxygen atoms in total. The van der Waals surface area contributed by atoms with Gasteiger partial charge < -0.3 is 10.4 Å². The summed E-state index contributed by atoms with van der Waals surface area (Å²) in [4.78, 5) is 0. The van der Waals surface area contributed by atoms with Crippen LogP contribution in [0.4, 0.5) is 0 Å². The van der Waals surface area contributed by atoms with E-state index in [4.69, 9.17) is 0 Å². The van der Waals surface area contributed by atoms with Crippen molar-refractivity contribution in [2.24, 2.45) is 0 Å². The van der Waals surface area contributed by atoms with Crippen LogP contribution < -0.4 is 5.32 Å². The molecule has 1 saturated heterocycles. The van der Waals surface area contributed by atoms with E-state index in [0.29, 0.717) is 5.33 Å². The van der Waals surface area contributed by atoms with Crippen molar-refractivity contribution in [1.29, 1.82) is 0 Å². The molecular formula is C6H13Br2NO. The van der Waals surface area contributed by atoms with E-state index in [9.17, 15) is 5.11 Å². The summed E-state index contributed by atoms with van der Waals surface area (Å²) >= 11 is 3.29. The van der Waals surface area contributed by atoms with E-state index in [1.165, 1.54) is 0 Å². The fourth-order valence-corrected chi connectivity index (χ4v) is 1.59. The maximum absolute atomic E-state index is 9.59. The van der Waals surface area contributed by atoms with Crippen LogP contribution in [-0.2, 0) is 0 Å². The van der Waals surface area contributed by atoms with Gasteiger partial charge in [0.05, 0.1) is 5.60 Å². The lowest BCUT2D eigenvalue weighted by Gasteiger charge is -2.30. The van der Waals surface area contributed by atoms with Crippen LogP contribution in [-0.4, -0.2) is 29.1 Å². The van der Waals surface area contributed by atoms with E-state index in [2.05, 4.69) is 21.2 Å². The number of piperidine rings is 1. The predicted octanol–water partition coefficient (Wildman–Crippen LogP) is 1.07. The average molecular weight is 275 g/mol. The minimum atomic E-state index is -0.425. The highest BCUT2D eigenvalue weighted by Gasteiger charge is 2.26. The molecule has 0 saturated carbocycles. The van der Waals surface area contributed by atoms with Crippen molar-refractivity contribution < 1.29 is 5.11 Å². The molecule has 0 aromatic carbocycles. The Morgan fingerprint density at radius 3 is 2.20 bits per heavy atom. The van der Waals surface area contributed by atoms with Crippen molar-refractivity contribution in [1.82, 2.24) is 5.32 Å². The van der Waals surface area contributed by atoms with Crippen LogP contribution in [0.2, 0.25) is 0 Å². The maximum atomic E-state index is 9.59. The first-order chi connectivity index (χ1) is 4.27. The van der Waals surface area contributed by atoms with Gasteiger partial charge in [0.25, 0.3) is 0 Å². The number of hydrogen-bond acceptors (Lipinski definition) is 2. The Balaban J connectivity index is 0.000000810. The zero-order chi connectivity index (χ0) is 6.74. The molecule has 0 atom stereocenters. The standard InChI is InChI=1S/C6H12BrNO.BrH/c7-5-6(9)1-3-8-4-2-6;/h8-9H,1-5H2;1H. The predicted molar refractivity (Wildman–Crippen MR) is 51.2 cm³/mol. The zero-order valence-corrected chi connectivity index (χ0v) is 9.07. The lowest BCUT2D eigenvalue weighted by molar-refractivity contribution is 0.0351. The third-order valence-electron chi connectivity index (χ3n) is 1.78. The molecule has 4 heteroatoms. The molecule has 0 aromatic rings. The van der Waals surface area contributed by atoms with Crippen molar-refractivity contribution in [3.63, 3.8) is 0 Å². The van der Waals surface area contributed by atoms with Crippen molar-refractivity contribution in [3.8, 4) is 0 Å². The first-order valence-electron chi connectivity index (χ1n) is 3.26. The summed E-state index contributed by atoms with van der Waals surface area (Å²) in [6, 6.07) is 0. The Morgan fingerprint density at radius 1 is 1.40 bits per heavy atom. The minimum Gasteiger partial charge on any atom is -0.389 e. The topological polar surface area (TPSA) is 32.3 Å². The van der Waals surface area contributed by atoms with Gasteiger partial charge in [-0.1, -0.05) is 15.9 Å². The van der Waals surface area contributed by atoms with Gasteiger partial charge >= 0.3 is 0 Å². The maximum Gasteiger partial charge on any atom is 0.0768 e. The summed E-state index contributed by atoms with van der Waals surface area (Å²) in [5.41, 5.74) is -0.425. The van der Waals surface area contributed by atoms with E-state index in [-0.39, 0.29) is 17.0 Å². The summed E-state index contributed by atoms with van der Waals surface area (Å²) in [5, 5.41) is 13.5. The summed E-state index contributed by atoms with van der Waals surface area (Å²) in [5.74, 6) is 0. The lowest BCUT2D eigenvalue weighted by atomic mass is 9.95. The summed E-state index contributed by atoms with van der Waals surface area (Å²) < 4.78 is 0. The molecule has 1 rings (SSSR count). The first kappa shape index (κ1) is 10.9. The molecule has 1 aliphatic rings. The normalized spacial score (nSPS) is 23.4. The van der Waals surface area contributed by atoms with E-state index >= 15 is 0 Å². The van der Waals surface area contributed by atoms with E-state index in [1.807, 2.05) is 0 Å². The van der Waals surface area contributed by atoms with Gasteiger partial charge in [-0.3, -0.25) is 0 Å². The smallest absolute Gasteiger partial charge is 0.0768 e. The molecular weight excluding hydrogens is 262 g/mol. The van der Waals surface area contributed by atoms with Crippen LogP contribution in [0.1, 0.15) is 12.8 Å². The van der Waals surface area contributed by atoms with Crippen LogP contribution in [0.5, 0.6) is 0 Å². The quantitative estimate of drug-likeness (QED) is 0.702. The van der Waals surface area contributed by atoms with Gasteiger partial charge in [-0.25, -0.2) is 0 Å². The van der Waals surface area contributed by atoms with Crippen LogP contribution in [0.25, 0.3) is 0 Å².